The Morgan fingerprint density at radius 1 is 1.12 bits per heavy atom. The molecule has 2 N–H and O–H groups in total. The third-order valence-corrected chi connectivity index (χ3v) is 5.18. The second-order valence-corrected chi connectivity index (χ2v) is 6.68. The fourth-order valence-electron chi connectivity index (χ4n) is 3.62. The Bertz CT molecular complexity index is 618. The quantitative estimate of drug-likeness (QED) is 0.798. The van der Waals surface area contributed by atoms with Crippen LogP contribution in [0.2, 0.25) is 0 Å². The summed E-state index contributed by atoms with van der Waals surface area (Å²) < 4.78 is 16.6. The normalized spacial score (nSPS) is 21.4. The van der Waals surface area contributed by atoms with Crippen LogP contribution in [0.5, 0.6) is 11.5 Å². The van der Waals surface area contributed by atoms with Gasteiger partial charge < -0.3 is 24.8 Å². The van der Waals surface area contributed by atoms with Crippen LogP contribution >= 0.6 is 17.0 Å². The standard InChI is InChI=1S/C18H25N3O3.BrH/c1-2-8-20-17(19-7-1)21-12-18(5-9-22-10-6-18)14-3-4-15-16(11-14)24-13-23-15;/h3-4,11H,1-2,5-10,12-13H2,(H2,19,20,21);1H. The van der Waals surface area contributed by atoms with Crippen LogP contribution in [-0.4, -0.2) is 45.6 Å². The molecule has 4 rings (SSSR count). The van der Waals surface area contributed by atoms with Crippen LogP contribution in [0.15, 0.2) is 23.2 Å². The summed E-state index contributed by atoms with van der Waals surface area (Å²) in [6.07, 6.45) is 4.31. The van der Waals surface area contributed by atoms with Gasteiger partial charge in [0.25, 0.3) is 0 Å². The highest BCUT2D eigenvalue weighted by atomic mass is 79.9. The average molecular weight is 412 g/mol. The molecule has 0 bridgehead atoms. The number of hydrogen-bond acceptors (Lipinski definition) is 6. The number of fused-ring (bicyclic) bond motifs is 1. The van der Waals surface area contributed by atoms with E-state index in [4.69, 9.17) is 14.2 Å². The van der Waals surface area contributed by atoms with Gasteiger partial charge in [0.1, 0.15) is 0 Å². The number of aliphatic imine (C=N–C) groups is 1. The van der Waals surface area contributed by atoms with Gasteiger partial charge in [-0.25, -0.2) is 0 Å². The van der Waals surface area contributed by atoms with E-state index < -0.39 is 0 Å². The zero-order chi connectivity index (χ0) is 16.2. The van der Waals surface area contributed by atoms with E-state index in [1.807, 2.05) is 6.07 Å². The predicted octanol–water partition coefficient (Wildman–Crippen LogP) is 2.37. The van der Waals surface area contributed by atoms with Gasteiger partial charge in [-0.3, -0.25) is 4.99 Å². The van der Waals surface area contributed by atoms with Crippen molar-refractivity contribution in [2.45, 2.75) is 31.1 Å². The summed E-state index contributed by atoms with van der Waals surface area (Å²) in [5, 5.41) is 6.94. The fourth-order valence-corrected chi connectivity index (χ4v) is 3.62. The average Bonchev–Trinajstić information content (AvgIpc) is 2.95. The van der Waals surface area contributed by atoms with Crippen LogP contribution in [0, 0.1) is 0 Å². The van der Waals surface area contributed by atoms with Crippen molar-refractivity contribution >= 4 is 22.9 Å². The van der Waals surface area contributed by atoms with Gasteiger partial charge in [0, 0.05) is 38.3 Å². The van der Waals surface area contributed by atoms with E-state index in [1.54, 1.807) is 0 Å². The third kappa shape index (κ3) is 4.03. The molecule has 6 nitrogen and oxygen atoms in total. The molecule has 1 saturated heterocycles. The molecule has 25 heavy (non-hydrogen) atoms. The minimum Gasteiger partial charge on any atom is -0.454 e. The van der Waals surface area contributed by atoms with E-state index in [9.17, 15) is 0 Å². The molecule has 0 radical (unpaired) electrons. The number of ether oxygens (including phenoxy) is 3. The number of halogens is 1. The Morgan fingerprint density at radius 2 is 1.96 bits per heavy atom. The second kappa shape index (κ2) is 8.27. The van der Waals surface area contributed by atoms with Crippen LogP contribution in [0.1, 0.15) is 31.2 Å². The molecule has 0 saturated carbocycles. The molecule has 0 unspecified atom stereocenters. The number of hydrogen-bond donors (Lipinski definition) is 2. The van der Waals surface area contributed by atoms with Gasteiger partial charge in [-0.05, 0) is 43.4 Å². The molecular formula is C18H26BrN3O3. The number of guanidine groups is 1. The third-order valence-electron chi connectivity index (χ3n) is 5.18. The van der Waals surface area contributed by atoms with Gasteiger partial charge in [-0.2, -0.15) is 0 Å². The molecule has 0 aromatic heterocycles. The first-order valence-electron chi connectivity index (χ1n) is 8.86. The summed E-state index contributed by atoms with van der Waals surface area (Å²) in [4.78, 5) is 4.61. The highest BCUT2D eigenvalue weighted by molar-refractivity contribution is 8.93. The predicted molar refractivity (Wildman–Crippen MR) is 102 cm³/mol. The zero-order valence-electron chi connectivity index (χ0n) is 14.4. The van der Waals surface area contributed by atoms with Crippen molar-refractivity contribution < 1.29 is 14.2 Å². The van der Waals surface area contributed by atoms with Gasteiger partial charge in [0.15, 0.2) is 17.5 Å². The molecule has 0 spiro atoms. The number of rotatable bonds is 3. The molecule has 1 aromatic carbocycles. The minimum absolute atomic E-state index is 0. The van der Waals surface area contributed by atoms with Crippen molar-refractivity contribution in [3.8, 4) is 11.5 Å². The summed E-state index contributed by atoms with van der Waals surface area (Å²) in [5.41, 5.74) is 1.33. The molecule has 0 atom stereocenters. The van der Waals surface area contributed by atoms with Crippen LogP contribution < -0.4 is 20.1 Å². The van der Waals surface area contributed by atoms with Crippen LogP contribution in [0.4, 0.5) is 0 Å². The maximum absolute atomic E-state index is 5.62. The van der Waals surface area contributed by atoms with Crippen molar-refractivity contribution in [1.29, 1.82) is 0 Å². The van der Waals surface area contributed by atoms with Crippen molar-refractivity contribution in [3.63, 3.8) is 0 Å². The van der Waals surface area contributed by atoms with Crippen molar-refractivity contribution in [1.82, 2.24) is 10.6 Å². The SMILES string of the molecule is Br.c1cc2c(cc1C1(CNC3=NCCCCN3)CCOCC1)OCO2. The maximum Gasteiger partial charge on any atom is 0.231 e. The Morgan fingerprint density at radius 3 is 2.84 bits per heavy atom. The lowest BCUT2D eigenvalue weighted by Crippen LogP contribution is -2.48. The lowest BCUT2D eigenvalue weighted by Gasteiger charge is -2.38. The monoisotopic (exact) mass is 411 g/mol. The Kier molecular flexibility index (Phi) is 6.06. The topological polar surface area (TPSA) is 64.1 Å². The van der Waals surface area contributed by atoms with Gasteiger partial charge in [-0.15, -0.1) is 17.0 Å². The smallest absolute Gasteiger partial charge is 0.231 e. The molecule has 1 fully saturated rings. The minimum atomic E-state index is 0. The first-order valence-corrected chi connectivity index (χ1v) is 8.86. The summed E-state index contributed by atoms with van der Waals surface area (Å²) in [7, 11) is 0. The molecular weight excluding hydrogens is 386 g/mol. The highest BCUT2D eigenvalue weighted by Crippen LogP contribution is 2.40. The maximum atomic E-state index is 5.62. The second-order valence-electron chi connectivity index (χ2n) is 6.68. The molecule has 3 heterocycles. The molecule has 0 amide bonds. The summed E-state index contributed by atoms with van der Waals surface area (Å²) in [5.74, 6) is 2.62. The Labute approximate surface area is 159 Å². The first-order chi connectivity index (χ1) is 11.9. The Balaban J connectivity index is 0.00000182. The summed E-state index contributed by atoms with van der Waals surface area (Å²) in [6, 6.07) is 6.33. The van der Waals surface area contributed by atoms with E-state index in [1.165, 1.54) is 12.0 Å². The lowest BCUT2D eigenvalue weighted by molar-refractivity contribution is 0.0513. The van der Waals surface area contributed by atoms with E-state index in [0.29, 0.717) is 6.79 Å². The highest BCUT2D eigenvalue weighted by Gasteiger charge is 2.35. The first kappa shape index (κ1) is 18.3. The molecule has 138 valence electrons. The largest absolute Gasteiger partial charge is 0.454 e. The van der Waals surface area contributed by atoms with E-state index in [-0.39, 0.29) is 22.4 Å². The van der Waals surface area contributed by atoms with Gasteiger partial charge in [-0.1, -0.05) is 6.07 Å². The van der Waals surface area contributed by atoms with Crippen LogP contribution in [0.3, 0.4) is 0 Å². The van der Waals surface area contributed by atoms with E-state index in [2.05, 4.69) is 27.8 Å². The van der Waals surface area contributed by atoms with Crippen LogP contribution in [0.25, 0.3) is 0 Å². The van der Waals surface area contributed by atoms with Crippen LogP contribution in [-0.2, 0) is 10.2 Å². The van der Waals surface area contributed by atoms with Gasteiger partial charge >= 0.3 is 0 Å². The van der Waals surface area contributed by atoms with Gasteiger partial charge in [0.2, 0.25) is 6.79 Å². The van der Waals surface area contributed by atoms with Gasteiger partial charge in [0.05, 0.1) is 0 Å². The molecule has 3 aliphatic heterocycles. The van der Waals surface area contributed by atoms with Crippen molar-refractivity contribution in [2.75, 3.05) is 39.6 Å². The number of nitrogens with zero attached hydrogens (tertiary/aromatic N) is 1. The number of nitrogens with one attached hydrogen (secondary N) is 2. The van der Waals surface area contributed by atoms with E-state index in [0.717, 1.165) is 69.6 Å². The summed E-state index contributed by atoms with van der Waals surface area (Å²) >= 11 is 0. The molecule has 7 heteroatoms. The van der Waals surface area contributed by atoms with Crippen molar-refractivity contribution in [3.05, 3.63) is 23.8 Å². The number of benzene rings is 1. The lowest BCUT2D eigenvalue weighted by atomic mass is 9.74. The molecule has 1 aromatic rings. The zero-order valence-corrected chi connectivity index (χ0v) is 16.1. The molecule has 3 aliphatic rings. The van der Waals surface area contributed by atoms with E-state index >= 15 is 0 Å². The fraction of sp³-hybridized carbons (Fsp3) is 0.611. The summed E-state index contributed by atoms with van der Waals surface area (Å²) in [6.45, 7) is 4.63. The Hall–Kier alpha value is -1.47. The van der Waals surface area contributed by atoms with Crippen molar-refractivity contribution in [2.24, 2.45) is 4.99 Å². The molecule has 0 aliphatic carbocycles.